The van der Waals surface area contributed by atoms with Gasteiger partial charge in [0.25, 0.3) is 5.91 Å². The van der Waals surface area contributed by atoms with Gasteiger partial charge in [-0.3, -0.25) is 19.2 Å². The minimum absolute atomic E-state index is 0. The van der Waals surface area contributed by atoms with E-state index in [0.717, 1.165) is 27.8 Å². The van der Waals surface area contributed by atoms with E-state index < -0.39 is 70.6 Å². The van der Waals surface area contributed by atoms with E-state index in [1.165, 1.54) is 26.2 Å². The first-order valence-corrected chi connectivity index (χ1v) is 26.3. The van der Waals surface area contributed by atoms with Crippen molar-refractivity contribution in [2.75, 3.05) is 21.3 Å². The minimum Gasteiger partial charge on any atom is -0.468 e. The average Bonchev–Trinajstić information content (AvgIpc) is 4.34. The van der Waals surface area contributed by atoms with Gasteiger partial charge >= 0.3 is 41.4 Å². The molecule has 3 heterocycles. The summed E-state index contributed by atoms with van der Waals surface area (Å²) in [6, 6.07) is 43.6. The topological polar surface area (TPSA) is 215 Å². The quantitative estimate of drug-likeness (QED) is 0.0647. The highest BCUT2D eigenvalue weighted by molar-refractivity contribution is 9.08. The predicted molar refractivity (Wildman–Crippen MR) is 301 cm³/mol. The molecule has 0 radical (unpaired) electrons. The predicted octanol–water partition coefficient (Wildman–Crippen LogP) is 10.3. The number of carbonyl (C=O) groups is 6. The smallest absolute Gasteiger partial charge is 0.338 e. The summed E-state index contributed by atoms with van der Waals surface area (Å²) in [5.41, 5.74) is 9.70. The average molecular weight is 1180 g/mol. The van der Waals surface area contributed by atoms with Crippen molar-refractivity contribution in [3.05, 3.63) is 190 Å². The van der Waals surface area contributed by atoms with E-state index in [9.17, 15) is 28.8 Å². The van der Waals surface area contributed by atoms with Crippen LogP contribution in [0, 0.1) is 0 Å². The Bertz CT molecular complexity index is 3090. The number of rotatable bonds is 13. The summed E-state index contributed by atoms with van der Waals surface area (Å²) in [4.78, 5) is 74.2. The van der Waals surface area contributed by atoms with Crippen LogP contribution in [0.25, 0.3) is 0 Å². The fourth-order valence-corrected chi connectivity index (χ4v) is 9.28. The third kappa shape index (κ3) is 14.1. The molecule has 3 aliphatic rings. The van der Waals surface area contributed by atoms with Crippen molar-refractivity contribution in [3.63, 3.8) is 0 Å². The Morgan fingerprint density at radius 3 is 1.35 bits per heavy atom. The van der Waals surface area contributed by atoms with Gasteiger partial charge in [0.2, 0.25) is 0 Å². The monoisotopic (exact) mass is 1180 g/mol. The number of hydrogen-bond acceptors (Lipinski definition) is 16. The highest BCUT2D eigenvalue weighted by Gasteiger charge is 2.49. The van der Waals surface area contributed by atoms with Crippen molar-refractivity contribution in [2.24, 2.45) is 5.73 Å². The number of benzene rings is 6. The normalized spacial score (nSPS) is 14.7. The molecule has 2 N–H and O–H groups in total. The zero-order valence-electron chi connectivity index (χ0n) is 45.8. The van der Waals surface area contributed by atoms with Crippen molar-refractivity contribution < 1.29 is 71.4 Å². The van der Waals surface area contributed by atoms with Crippen LogP contribution in [-0.2, 0) is 66.3 Å². The number of amides is 1. The number of hydrogen-bond donors (Lipinski definition) is 1. The molecule has 9 rings (SSSR count). The molecule has 2 atom stereocenters. The molecule has 422 valence electrons. The molecule has 0 unspecified atom stereocenters. The van der Waals surface area contributed by atoms with Gasteiger partial charge < -0.3 is 53.3 Å². The van der Waals surface area contributed by atoms with Crippen molar-refractivity contribution in [1.29, 1.82) is 0 Å². The minimum atomic E-state index is -1.21. The molecular weight excluding hydrogens is 1120 g/mol. The van der Waals surface area contributed by atoms with Crippen LogP contribution in [0.4, 0.5) is 0 Å². The summed E-state index contributed by atoms with van der Waals surface area (Å²) in [6.07, 6.45) is -0.481. The van der Waals surface area contributed by atoms with Crippen LogP contribution in [0.3, 0.4) is 0 Å². The SMILES string of the molecule is COC(=O)[C@@H](N)CC(=O)OC(C)(C)C.COC(=O)[C@H](CC(=O)OC(C)(C)C)N1Cc2cc3c(cc2C1=O)OC(c1ccccc1)(c1ccccc1)O3.COC(=O)c1cc2c(cc1CBr)OC(c1ccccc1)(c1ccccc1)O2.Cl. The van der Waals surface area contributed by atoms with E-state index in [-0.39, 0.29) is 31.8 Å². The number of ether oxygens (including phenoxy) is 9. The maximum absolute atomic E-state index is 13.5. The maximum Gasteiger partial charge on any atom is 0.338 e. The van der Waals surface area contributed by atoms with Crippen molar-refractivity contribution in [3.8, 4) is 23.0 Å². The summed E-state index contributed by atoms with van der Waals surface area (Å²) in [6.45, 7) is 10.6. The fourth-order valence-electron chi connectivity index (χ4n) is 8.82. The van der Waals surface area contributed by atoms with Gasteiger partial charge in [-0.1, -0.05) is 137 Å². The molecule has 0 aromatic heterocycles. The summed E-state index contributed by atoms with van der Waals surface area (Å²) in [5, 5.41) is 0.498. The van der Waals surface area contributed by atoms with Gasteiger partial charge in [-0.15, -0.1) is 12.4 Å². The molecule has 1 amide bonds. The van der Waals surface area contributed by atoms with Gasteiger partial charge in [0.1, 0.15) is 23.3 Å². The second kappa shape index (κ2) is 25.9. The largest absolute Gasteiger partial charge is 0.468 e. The van der Waals surface area contributed by atoms with Crippen molar-refractivity contribution in [2.45, 2.75) is 101 Å². The molecule has 3 aliphatic heterocycles. The molecule has 80 heavy (non-hydrogen) atoms. The Labute approximate surface area is 479 Å². The molecule has 6 aromatic rings. The first kappa shape index (κ1) is 61.3. The van der Waals surface area contributed by atoms with Crippen LogP contribution in [0.15, 0.2) is 146 Å². The van der Waals surface area contributed by atoms with Crippen LogP contribution < -0.4 is 24.7 Å². The first-order valence-electron chi connectivity index (χ1n) is 25.2. The number of carbonyl (C=O) groups excluding carboxylic acids is 6. The van der Waals surface area contributed by atoms with E-state index in [1.807, 2.05) is 127 Å². The summed E-state index contributed by atoms with van der Waals surface area (Å²) in [7, 11) is 3.81. The number of methoxy groups -OCH3 is 3. The number of nitrogens with zero attached hydrogens (tertiary/aromatic N) is 1. The van der Waals surface area contributed by atoms with Gasteiger partial charge in [0.05, 0.1) is 39.7 Å². The lowest BCUT2D eigenvalue weighted by atomic mass is 9.97. The van der Waals surface area contributed by atoms with Gasteiger partial charge in [0.15, 0.2) is 23.0 Å². The molecule has 0 saturated carbocycles. The zero-order chi connectivity index (χ0) is 57.3. The van der Waals surface area contributed by atoms with Gasteiger partial charge in [-0.25, -0.2) is 9.59 Å². The number of halogens is 2. The summed E-state index contributed by atoms with van der Waals surface area (Å²) < 4.78 is 50.2. The molecule has 0 fully saturated rings. The molecule has 19 heteroatoms. The number of nitrogens with two attached hydrogens (primary N) is 1. The highest BCUT2D eigenvalue weighted by Crippen LogP contribution is 2.51. The first-order chi connectivity index (χ1) is 37.5. The lowest BCUT2D eigenvalue weighted by Crippen LogP contribution is -2.44. The van der Waals surface area contributed by atoms with Crippen LogP contribution in [-0.4, -0.2) is 85.3 Å². The molecule has 0 spiro atoms. The van der Waals surface area contributed by atoms with Crippen molar-refractivity contribution in [1.82, 2.24) is 4.90 Å². The second-order valence-corrected chi connectivity index (χ2v) is 20.9. The maximum atomic E-state index is 13.5. The molecule has 17 nitrogen and oxygen atoms in total. The van der Waals surface area contributed by atoms with Gasteiger partial charge in [-0.05, 0) is 76.9 Å². The Morgan fingerprint density at radius 1 is 0.575 bits per heavy atom. The van der Waals surface area contributed by atoms with E-state index in [1.54, 1.807) is 59.7 Å². The number of alkyl halides is 1. The van der Waals surface area contributed by atoms with E-state index in [0.29, 0.717) is 45.0 Å². The molecule has 0 aliphatic carbocycles. The summed E-state index contributed by atoms with van der Waals surface area (Å²) in [5.74, 6) is -3.55. The fraction of sp³-hybridized carbons (Fsp3) is 0.311. The summed E-state index contributed by atoms with van der Waals surface area (Å²) >= 11 is 3.43. The molecule has 6 aromatic carbocycles. The van der Waals surface area contributed by atoms with Crippen LogP contribution >= 0.6 is 28.3 Å². The van der Waals surface area contributed by atoms with Gasteiger partial charge in [0, 0.05) is 39.7 Å². The number of fused-ring (bicyclic) bond motifs is 3. The third-order valence-electron chi connectivity index (χ3n) is 12.3. The zero-order valence-corrected chi connectivity index (χ0v) is 48.2. The van der Waals surface area contributed by atoms with E-state index in [4.69, 9.17) is 43.6 Å². The lowest BCUT2D eigenvalue weighted by Gasteiger charge is -2.28. The van der Waals surface area contributed by atoms with E-state index in [2.05, 4.69) is 20.7 Å². The Kier molecular flexibility index (Phi) is 19.8. The van der Waals surface area contributed by atoms with Crippen molar-refractivity contribution >= 4 is 64.1 Å². The number of esters is 5. The van der Waals surface area contributed by atoms with Crippen LogP contribution in [0.5, 0.6) is 23.0 Å². The molecule has 0 bridgehead atoms. The standard InChI is InChI=1S/C30H29NO7.C22H17BrO4.C9H17NO4.ClH/c1-29(2,3)38-26(32)17-23(28(34)35-4)31-18-19-15-24-25(16-22(19)27(31)33)37-30(36-24,20-11-7-5-8-12-20)21-13-9-6-10-14-21;1-25-21(24)18-13-20-19(12-15(18)14-23)26-22(27-20,16-8-4-2-5-9-16)17-10-6-3-7-11-17;1-9(2,3)14-7(11)5-6(10)8(12)13-4;/h5-16,23H,17-18H2,1-4H3;2-13H,14H2,1H3;6H,5,10H2,1-4H3;1H/t23-;;6-;/m0.0./s1. The molecule has 0 saturated heterocycles. The Hall–Kier alpha value is -7.93. The van der Waals surface area contributed by atoms with Gasteiger partial charge in [-0.2, -0.15) is 0 Å². The van der Waals surface area contributed by atoms with Crippen LogP contribution in [0.1, 0.15) is 108 Å². The Morgan fingerprint density at radius 2 is 0.963 bits per heavy atom. The second-order valence-electron chi connectivity index (χ2n) is 20.3. The van der Waals surface area contributed by atoms with Crippen LogP contribution in [0.2, 0.25) is 0 Å². The lowest BCUT2D eigenvalue weighted by molar-refractivity contribution is -0.161. The molecular formula is C61H64BrClN2O15. The Balaban J connectivity index is 0.000000214. The van der Waals surface area contributed by atoms with E-state index >= 15 is 0 Å². The third-order valence-corrected chi connectivity index (χ3v) is 12.9. The highest BCUT2D eigenvalue weighted by atomic mass is 79.9.